The van der Waals surface area contributed by atoms with Crippen molar-refractivity contribution in [1.29, 1.82) is 0 Å². The lowest BCUT2D eigenvalue weighted by atomic mass is 9.84. The molecule has 1 saturated carbocycles. The summed E-state index contributed by atoms with van der Waals surface area (Å²) in [4.78, 5) is 12.2. The third-order valence-corrected chi connectivity index (χ3v) is 4.19. The zero-order chi connectivity index (χ0) is 13.1. The number of benzene rings is 1. The summed E-state index contributed by atoms with van der Waals surface area (Å²) in [6.45, 7) is 2.02. The van der Waals surface area contributed by atoms with Crippen LogP contribution in [0.1, 0.15) is 31.2 Å². The molecule has 1 amide bonds. The molecule has 2 unspecified atom stereocenters. The van der Waals surface area contributed by atoms with Crippen LogP contribution in [0.15, 0.2) is 22.7 Å². The number of carbonyl (C=O) groups is 1. The summed E-state index contributed by atoms with van der Waals surface area (Å²) < 4.78 is 0.917. The molecule has 0 bridgehead atoms. The summed E-state index contributed by atoms with van der Waals surface area (Å²) in [5.74, 6) is -0.00120. The van der Waals surface area contributed by atoms with Gasteiger partial charge in [-0.2, -0.15) is 0 Å². The molecule has 3 nitrogen and oxygen atoms in total. The van der Waals surface area contributed by atoms with Gasteiger partial charge in [-0.05, 0) is 53.4 Å². The van der Waals surface area contributed by atoms with Gasteiger partial charge in [0.1, 0.15) is 0 Å². The third-order valence-electron chi connectivity index (χ3n) is 3.54. The van der Waals surface area contributed by atoms with Crippen LogP contribution in [0.4, 0.5) is 5.69 Å². The van der Waals surface area contributed by atoms with Gasteiger partial charge >= 0.3 is 0 Å². The van der Waals surface area contributed by atoms with E-state index in [0.29, 0.717) is 0 Å². The molecule has 2 rings (SSSR count). The van der Waals surface area contributed by atoms with Crippen LogP contribution in [-0.2, 0) is 4.79 Å². The van der Waals surface area contributed by atoms with Crippen LogP contribution in [0, 0.1) is 12.8 Å². The fourth-order valence-electron chi connectivity index (χ4n) is 2.43. The van der Waals surface area contributed by atoms with Gasteiger partial charge in [0.15, 0.2) is 0 Å². The number of anilines is 1. The second kappa shape index (κ2) is 5.85. The van der Waals surface area contributed by atoms with Gasteiger partial charge in [0.05, 0.1) is 11.6 Å². The molecule has 1 aromatic carbocycles. The number of halogens is 1. The summed E-state index contributed by atoms with van der Waals surface area (Å²) >= 11 is 3.47. The van der Waals surface area contributed by atoms with Crippen LogP contribution in [0.2, 0.25) is 0 Å². The number of rotatable bonds is 2. The average Bonchev–Trinajstić information content (AvgIpc) is 2.33. The Balaban J connectivity index is 2.06. The number of hydrogen-bond acceptors (Lipinski definition) is 2. The predicted molar refractivity (Wildman–Crippen MR) is 77.4 cm³/mol. The maximum absolute atomic E-state index is 12.2. The first kappa shape index (κ1) is 13.6. The van der Waals surface area contributed by atoms with Gasteiger partial charge in [0.2, 0.25) is 5.91 Å². The monoisotopic (exact) mass is 310 g/mol. The van der Waals surface area contributed by atoms with Crippen LogP contribution < -0.4 is 11.1 Å². The third kappa shape index (κ3) is 3.12. The summed E-state index contributed by atoms with van der Waals surface area (Å²) in [6.07, 6.45) is 4.09. The predicted octanol–water partition coefficient (Wildman–Crippen LogP) is 3.21. The van der Waals surface area contributed by atoms with E-state index >= 15 is 0 Å². The van der Waals surface area contributed by atoms with Gasteiger partial charge in [-0.3, -0.25) is 4.79 Å². The Labute approximate surface area is 116 Å². The lowest BCUT2D eigenvalue weighted by Gasteiger charge is -2.27. The molecule has 1 aliphatic rings. The molecule has 1 fully saturated rings. The summed E-state index contributed by atoms with van der Waals surface area (Å²) in [5.41, 5.74) is 8.01. The van der Waals surface area contributed by atoms with Crippen LogP contribution in [0.5, 0.6) is 0 Å². The molecule has 0 aromatic heterocycles. The van der Waals surface area contributed by atoms with E-state index in [9.17, 15) is 4.79 Å². The molecular weight excluding hydrogens is 292 g/mol. The van der Waals surface area contributed by atoms with Crippen molar-refractivity contribution < 1.29 is 4.79 Å². The normalized spacial score (nSPS) is 23.7. The number of nitrogens with two attached hydrogens (primary N) is 1. The van der Waals surface area contributed by atoms with E-state index < -0.39 is 0 Å². The summed E-state index contributed by atoms with van der Waals surface area (Å²) in [7, 11) is 0. The maximum atomic E-state index is 12.2. The first-order chi connectivity index (χ1) is 8.58. The van der Waals surface area contributed by atoms with Crippen LogP contribution in [-0.4, -0.2) is 11.9 Å². The first-order valence-corrected chi connectivity index (χ1v) is 7.20. The SMILES string of the molecule is Cc1ccc(NC(=O)C2CCCCC2N)c(Br)c1. The molecule has 0 spiro atoms. The minimum atomic E-state index is -0.0491. The van der Waals surface area contributed by atoms with Crippen molar-refractivity contribution in [2.75, 3.05) is 5.32 Å². The number of nitrogens with one attached hydrogen (secondary N) is 1. The highest BCUT2D eigenvalue weighted by molar-refractivity contribution is 9.10. The van der Waals surface area contributed by atoms with Crippen molar-refractivity contribution in [3.05, 3.63) is 28.2 Å². The van der Waals surface area contributed by atoms with Gasteiger partial charge in [-0.1, -0.05) is 18.9 Å². The van der Waals surface area contributed by atoms with E-state index in [-0.39, 0.29) is 17.9 Å². The second-order valence-corrected chi connectivity index (χ2v) is 5.88. The molecule has 2 atom stereocenters. The van der Waals surface area contributed by atoms with Crippen molar-refractivity contribution in [2.24, 2.45) is 11.7 Å². The van der Waals surface area contributed by atoms with E-state index in [1.165, 1.54) is 0 Å². The Bertz CT molecular complexity index is 447. The molecule has 0 saturated heterocycles. The lowest BCUT2D eigenvalue weighted by molar-refractivity contribution is -0.121. The Morgan fingerprint density at radius 2 is 2.11 bits per heavy atom. The van der Waals surface area contributed by atoms with Gasteiger partial charge in [0, 0.05) is 10.5 Å². The number of hydrogen-bond donors (Lipinski definition) is 2. The van der Waals surface area contributed by atoms with Crippen molar-refractivity contribution >= 4 is 27.5 Å². The zero-order valence-corrected chi connectivity index (χ0v) is 12.2. The average molecular weight is 311 g/mol. The molecule has 0 radical (unpaired) electrons. The highest BCUT2D eigenvalue weighted by Crippen LogP contribution is 2.27. The van der Waals surface area contributed by atoms with Crippen LogP contribution >= 0.6 is 15.9 Å². The topological polar surface area (TPSA) is 55.1 Å². The van der Waals surface area contributed by atoms with Gasteiger partial charge in [-0.25, -0.2) is 0 Å². The maximum Gasteiger partial charge on any atom is 0.229 e. The molecule has 0 aliphatic heterocycles. The molecule has 18 heavy (non-hydrogen) atoms. The van der Waals surface area contributed by atoms with E-state index in [4.69, 9.17) is 5.73 Å². The first-order valence-electron chi connectivity index (χ1n) is 6.40. The van der Waals surface area contributed by atoms with Crippen LogP contribution in [0.3, 0.4) is 0 Å². The summed E-state index contributed by atoms with van der Waals surface area (Å²) in [5, 5.41) is 2.97. The lowest BCUT2D eigenvalue weighted by Crippen LogP contribution is -2.40. The van der Waals surface area contributed by atoms with Crippen molar-refractivity contribution in [1.82, 2.24) is 0 Å². The van der Waals surface area contributed by atoms with Crippen LogP contribution in [0.25, 0.3) is 0 Å². The quantitative estimate of drug-likeness (QED) is 0.881. The number of carbonyl (C=O) groups excluding carboxylic acids is 1. The van der Waals surface area contributed by atoms with E-state index in [1.807, 2.05) is 25.1 Å². The number of amides is 1. The Kier molecular flexibility index (Phi) is 4.40. The minimum absolute atomic E-state index is 0.00275. The van der Waals surface area contributed by atoms with Crippen molar-refractivity contribution in [3.8, 4) is 0 Å². The van der Waals surface area contributed by atoms with Gasteiger partial charge in [-0.15, -0.1) is 0 Å². The Morgan fingerprint density at radius 1 is 1.39 bits per heavy atom. The highest BCUT2D eigenvalue weighted by atomic mass is 79.9. The minimum Gasteiger partial charge on any atom is -0.327 e. The van der Waals surface area contributed by atoms with E-state index in [1.54, 1.807) is 0 Å². The fourth-order valence-corrected chi connectivity index (χ4v) is 3.02. The van der Waals surface area contributed by atoms with Crippen molar-refractivity contribution in [2.45, 2.75) is 38.6 Å². The van der Waals surface area contributed by atoms with E-state index in [2.05, 4.69) is 21.2 Å². The summed E-state index contributed by atoms with van der Waals surface area (Å²) in [6, 6.07) is 5.91. The standard InChI is InChI=1S/C14H19BrN2O/c1-9-6-7-13(11(15)8-9)17-14(18)10-4-2-3-5-12(10)16/h6-8,10,12H,2-5,16H2,1H3,(H,17,18). The molecule has 3 N–H and O–H groups in total. The molecular formula is C14H19BrN2O. The smallest absolute Gasteiger partial charge is 0.229 e. The van der Waals surface area contributed by atoms with E-state index in [0.717, 1.165) is 41.4 Å². The highest BCUT2D eigenvalue weighted by Gasteiger charge is 2.28. The molecule has 4 heteroatoms. The number of aryl methyl sites for hydroxylation is 1. The van der Waals surface area contributed by atoms with Crippen molar-refractivity contribution in [3.63, 3.8) is 0 Å². The molecule has 1 aliphatic carbocycles. The Hall–Kier alpha value is -0.870. The Morgan fingerprint density at radius 3 is 2.78 bits per heavy atom. The molecule has 1 aromatic rings. The molecule has 0 heterocycles. The molecule has 98 valence electrons. The van der Waals surface area contributed by atoms with Gasteiger partial charge < -0.3 is 11.1 Å². The van der Waals surface area contributed by atoms with Gasteiger partial charge in [0.25, 0.3) is 0 Å². The fraction of sp³-hybridized carbons (Fsp3) is 0.500. The zero-order valence-electron chi connectivity index (χ0n) is 10.6. The largest absolute Gasteiger partial charge is 0.327 e. The second-order valence-electron chi connectivity index (χ2n) is 5.03.